The zero-order valence-electron chi connectivity index (χ0n) is 15.8. The lowest BCUT2D eigenvalue weighted by Gasteiger charge is -2.11. The fourth-order valence-electron chi connectivity index (χ4n) is 2.25. The van der Waals surface area contributed by atoms with Crippen LogP contribution in [0.25, 0.3) is 0 Å². The quantitative estimate of drug-likeness (QED) is 0.798. The topological polar surface area (TPSA) is 67.4 Å². The van der Waals surface area contributed by atoms with Crippen LogP contribution >= 0.6 is 0 Å². The van der Waals surface area contributed by atoms with Crippen molar-refractivity contribution in [2.24, 2.45) is 5.92 Å². The van der Waals surface area contributed by atoms with E-state index in [0.717, 1.165) is 28.1 Å². The van der Waals surface area contributed by atoms with Gasteiger partial charge in [0.05, 0.1) is 0 Å². The van der Waals surface area contributed by atoms with Crippen molar-refractivity contribution in [2.75, 3.05) is 11.9 Å². The predicted octanol–water partition coefficient (Wildman–Crippen LogP) is 3.59. The Bertz CT molecular complexity index is 767. The lowest BCUT2D eigenvalue weighted by atomic mass is 10.1. The summed E-state index contributed by atoms with van der Waals surface area (Å²) in [6.07, 6.45) is 0. The Hall–Kier alpha value is -2.82. The van der Waals surface area contributed by atoms with Gasteiger partial charge in [0, 0.05) is 18.2 Å². The number of anilines is 1. The predicted molar refractivity (Wildman–Crippen MR) is 103 cm³/mol. The van der Waals surface area contributed by atoms with E-state index in [1.165, 1.54) is 0 Å². The number of aryl methyl sites for hydroxylation is 2. The number of hydrogen-bond donors (Lipinski definition) is 2. The lowest BCUT2D eigenvalue weighted by Crippen LogP contribution is -2.28. The second-order valence-corrected chi connectivity index (χ2v) is 6.68. The molecule has 2 aromatic rings. The van der Waals surface area contributed by atoms with Crippen LogP contribution in [-0.4, -0.2) is 18.4 Å². The molecule has 0 unspecified atom stereocenters. The van der Waals surface area contributed by atoms with Crippen LogP contribution < -0.4 is 15.4 Å². The largest absolute Gasteiger partial charge is 0.483 e. The van der Waals surface area contributed by atoms with Crippen molar-refractivity contribution in [1.82, 2.24) is 5.32 Å². The molecule has 0 aliphatic carbocycles. The number of nitrogens with one attached hydrogen (secondary N) is 2. The minimum Gasteiger partial charge on any atom is -0.483 e. The van der Waals surface area contributed by atoms with E-state index < -0.39 is 0 Å². The Morgan fingerprint density at radius 1 is 1.04 bits per heavy atom. The van der Waals surface area contributed by atoms with Gasteiger partial charge in [-0.15, -0.1) is 0 Å². The fraction of sp³-hybridized carbons (Fsp3) is 0.333. The Morgan fingerprint density at radius 2 is 1.73 bits per heavy atom. The van der Waals surface area contributed by atoms with Gasteiger partial charge in [0.15, 0.2) is 6.61 Å². The van der Waals surface area contributed by atoms with E-state index in [0.29, 0.717) is 6.54 Å². The highest BCUT2D eigenvalue weighted by Crippen LogP contribution is 2.18. The second-order valence-electron chi connectivity index (χ2n) is 6.68. The van der Waals surface area contributed by atoms with Gasteiger partial charge >= 0.3 is 0 Å². The summed E-state index contributed by atoms with van der Waals surface area (Å²) < 4.78 is 5.59. The smallest absolute Gasteiger partial charge is 0.258 e. The van der Waals surface area contributed by atoms with Crippen LogP contribution in [0.15, 0.2) is 42.5 Å². The van der Waals surface area contributed by atoms with Gasteiger partial charge in [-0.25, -0.2) is 0 Å². The third-order valence-corrected chi connectivity index (χ3v) is 3.94. The molecule has 5 nitrogen and oxygen atoms in total. The molecule has 138 valence electrons. The molecule has 0 aliphatic heterocycles. The van der Waals surface area contributed by atoms with Gasteiger partial charge < -0.3 is 15.4 Å². The molecule has 0 fully saturated rings. The van der Waals surface area contributed by atoms with Gasteiger partial charge in [-0.05, 0) is 48.7 Å². The van der Waals surface area contributed by atoms with E-state index in [9.17, 15) is 9.59 Å². The van der Waals surface area contributed by atoms with Crippen LogP contribution in [0.1, 0.15) is 30.5 Å². The van der Waals surface area contributed by atoms with E-state index in [1.807, 2.05) is 70.2 Å². The number of ether oxygens (including phenoxy) is 1. The second kappa shape index (κ2) is 9.04. The molecule has 0 aliphatic rings. The van der Waals surface area contributed by atoms with Gasteiger partial charge in [-0.2, -0.15) is 0 Å². The SMILES string of the molecule is Cc1ccc(C)c(OCC(=O)NCc2ccc(NC(=O)C(C)C)cc2)c1. The molecule has 0 radical (unpaired) electrons. The molecule has 2 aromatic carbocycles. The maximum absolute atomic E-state index is 12.0. The van der Waals surface area contributed by atoms with E-state index in [-0.39, 0.29) is 24.3 Å². The van der Waals surface area contributed by atoms with Crippen molar-refractivity contribution in [1.29, 1.82) is 0 Å². The van der Waals surface area contributed by atoms with E-state index >= 15 is 0 Å². The summed E-state index contributed by atoms with van der Waals surface area (Å²) in [6, 6.07) is 13.3. The average Bonchev–Trinajstić information content (AvgIpc) is 2.61. The van der Waals surface area contributed by atoms with Crippen molar-refractivity contribution >= 4 is 17.5 Å². The van der Waals surface area contributed by atoms with Crippen LogP contribution in [-0.2, 0) is 16.1 Å². The highest BCUT2D eigenvalue weighted by molar-refractivity contribution is 5.92. The number of hydrogen-bond acceptors (Lipinski definition) is 3. The number of carbonyl (C=O) groups excluding carboxylic acids is 2. The first-order chi connectivity index (χ1) is 12.3. The van der Waals surface area contributed by atoms with Crippen LogP contribution in [0.5, 0.6) is 5.75 Å². The lowest BCUT2D eigenvalue weighted by molar-refractivity contribution is -0.123. The summed E-state index contributed by atoms with van der Waals surface area (Å²) in [5.74, 6) is 0.467. The molecule has 26 heavy (non-hydrogen) atoms. The van der Waals surface area contributed by atoms with Gasteiger partial charge in [0.1, 0.15) is 5.75 Å². The summed E-state index contributed by atoms with van der Waals surface area (Å²) in [4.78, 5) is 23.6. The Labute approximate surface area is 154 Å². The number of amides is 2. The third kappa shape index (κ3) is 5.92. The first-order valence-corrected chi connectivity index (χ1v) is 8.71. The summed E-state index contributed by atoms with van der Waals surface area (Å²) in [5.41, 5.74) is 3.79. The molecular weight excluding hydrogens is 328 g/mol. The van der Waals surface area contributed by atoms with Crippen LogP contribution in [0.2, 0.25) is 0 Å². The minimum atomic E-state index is -0.178. The number of carbonyl (C=O) groups is 2. The highest BCUT2D eigenvalue weighted by Gasteiger charge is 2.08. The minimum absolute atomic E-state index is 0.0188. The van der Waals surface area contributed by atoms with Crippen LogP contribution in [0, 0.1) is 19.8 Å². The number of benzene rings is 2. The first-order valence-electron chi connectivity index (χ1n) is 8.71. The molecule has 0 bridgehead atoms. The molecule has 0 saturated heterocycles. The Balaban J connectivity index is 1.80. The first kappa shape index (κ1) is 19.5. The number of rotatable bonds is 7. The Kier molecular flexibility index (Phi) is 6.78. The van der Waals surface area contributed by atoms with Crippen LogP contribution in [0.4, 0.5) is 5.69 Å². The maximum atomic E-state index is 12.0. The summed E-state index contributed by atoms with van der Waals surface area (Å²) >= 11 is 0. The fourth-order valence-corrected chi connectivity index (χ4v) is 2.25. The summed E-state index contributed by atoms with van der Waals surface area (Å²) in [7, 11) is 0. The van der Waals surface area contributed by atoms with E-state index in [2.05, 4.69) is 10.6 Å². The Morgan fingerprint density at radius 3 is 2.38 bits per heavy atom. The molecule has 0 aromatic heterocycles. The highest BCUT2D eigenvalue weighted by atomic mass is 16.5. The molecule has 5 heteroatoms. The van der Waals surface area contributed by atoms with Gasteiger partial charge in [-0.1, -0.05) is 38.1 Å². The molecule has 0 saturated carbocycles. The average molecular weight is 354 g/mol. The van der Waals surface area contributed by atoms with Crippen LogP contribution in [0.3, 0.4) is 0 Å². The van der Waals surface area contributed by atoms with Gasteiger partial charge in [-0.3, -0.25) is 9.59 Å². The van der Waals surface area contributed by atoms with Crippen molar-refractivity contribution in [3.8, 4) is 5.75 Å². The zero-order valence-corrected chi connectivity index (χ0v) is 15.8. The molecule has 2 amide bonds. The molecular formula is C21H26N2O3. The van der Waals surface area contributed by atoms with Crippen molar-refractivity contribution in [3.63, 3.8) is 0 Å². The standard InChI is InChI=1S/C21H26N2O3/c1-14(2)21(25)23-18-9-7-17(8-10-18)12-22-20(24)13-26-19-11-15(3)5-6-16(19)4/h5-11,14H,12-13H2,1-4H3,(H,22,24)(H,23,25). The monoisotopic (exact) mass is 354 g/mol. The van der Waals surface area contributed by atoms with Crippen molar-refractivity contribution < 1.29 is 14.3 Å². The zero-order chi connectivity index (χ0) is 19.1. The summed E-state index contributed by atoms with van der Waals surface area (Å²) in [6.45, 7) is 8.02. The molecule has 2 N–H and O–H groups in total. The van der Waals surface area contributed by atoms with Gasteiger partial charge in [0.2, 0.25) is 5.91 Å². The molecule has 0 heterocycles. The van der Waals surface area contributed by atoms with Gasteiger partial charge in [0.25, 0.3) is 5.91 Å². The maximum Gasteiger partial charge on any atom is 0.258 e. The molecule has 2 rings (SSSR count). The van der Waals surface area contributed by atoms with Crippen molar-refractivity contribution in [3.05, 3.63) is 59.2 Å². The molecule has 0 spiro atoms. The van der Waals surface area contributed by atoms with E-state index in [1.54, 1.807) is 0 Å². The third-order valence-electron chi connectivity index (χ3n) is 3.94. The van der Waals surface area contributed by atoms with Crippen molar-refractivity contribution in [2.45, 2.75) is 34.2 Å². The van der Waals surface area contributed by atoms with E-state index in [4.69, 9.17) is 4.74 Å². The summed E-state index contributed by atoms with van der Waals surface area (Å²) in [5, 5.41) is 5.67. The normalized spacial score (nSPS) is 10.5. The molecule has 0 atom stereocenters.